The Bertz CT molecular complexity index is 526. The van der Waals surface area contributed by atoms with Crippen LogP contribution in [0.25, 0.3) is 0 Å². The lowest BCUT2D eigenvalue weighted by Crippen LogP contribution is -2.35. The third-order valence-electron chi connectivity index (χ3n) is 3.01. The van der Waals surface area contributed by atoms with Gasteiger partial charge in [-0.25, -0.2) is 0 Å². The van der Waals surface area contributed by atoms with Crippen LogP contribution in [0.2, 0.25) is 0 Å². The van der Waals surface area contributed by atoms with E-state index in [0.717, 1.165) is 0 Å². The van der Waals surface area contributed by atoms with Crippen molar-refractivity contribution in [3.8, 4) is 0 Å². The summed E-state index contributed by atoms with van der Waals surface area (Å²) in [6.45, 7) is 3.59. The minimum absolute atomic E-state index is 0.0344. The Morgan fingerprint density at radius 3 is 2.35 bits per heavy atom. The number of amides is 2. The molecular weight excluding hydrogens is 260 g/mol. The van der Waals surface area contributed by atoms with Gasteiger partial charge in [-0.15, -0.1) is 0 Å². The average molecular weight is 278 g/mol. The Morgan fingerprint density at radius 2 is 1.85 bits per heavy atom. The van der Waals surface area contributed by atoms with Gasteiger partial charge in [0, 0.05) is 17.7 Å². The first-order chi connectivity index (χ1) is 9.32. The third kappa shape index (κ3) is 4.08. The highest BCUT2D eigenvalue weighted by molar-refractivity contribution is 5.99. The van der Waals surface area contributed by atoms with Crippen LogP contribution < -0.4 is 11.1 Å². The van der Waals surface area contributed by atoms with Crippen molar-refractivity contribution in [2.24, 2.45) is 17.6 Å². The van der Waals surface area contributed by atoms with Crippen molar-refractivity contribution in [3.05, 3.63) is 35.4 Å². The topological polar surface area (TPSA) is 109 Å². The van der Waals surface area contributed by atoms with E-state index in [4.69, 9.17) is 10.8 Å². The van der Waals surface area contributed by atoms with Crippen LogP contribution >= 0.6 is 0 Å². The summed E-state index contributed by atoms with van der Waals surface area (Å²) < 4.78 is 0. The molecule has 6 nitrogen and oxygen atoms in total. The maximum atomic E-state index is 11.9. The zero-order chi connectivity index (χ0) is 15.3. The van der Waals surface area contributed by atoms with Gasteiger partial charge in [0.1, 0.15) is 0 Å². The first-order valence-corrected chi connectivity index (χ1v) is 6.23. The SMILES string of the molecule is CC(C)C(CNC(=O)c1cccc(C(N)=O)c1)C(=O)O. The fourth-order valence-corrected chi connectivity index (χ4v) is 1.73. The number of nitrogens with one attached hydrogen (secondary N) is 1. The van der Waals surface area contributed by atoms with E-state index in [9.17, 15) is 14.4 Å². The molecule has 20 heavy (non-hydrogen) atoms. The lowest BCUT2D eigenvalue weighted by atomic mass is 9.96. The van der Waals surface area contributed by atoms with Crippen molar-refractivity contribution >= 4 is 17.8 Å². The number of aliphatic carboxylic acids is 1. The van der Waals surface area contributed by atoms with E-state index >= 15 is 0 Å². The molecule has 0 fully saturated rings. The molecule has 1 atom stereocenters. The Balaban J connectivity index is 2.74. The quantitative estimate of drug-likeness (QED) is 0.717. The highest BCUT2D eigenvalue weighted by Gasteiger charge is 2.22. The summed E-state index contributed by atoms with van der Waals surface area (Å²) in [6.07, 6.45) is 0. The number of benzene rings is 1. The fourth-order valence-electron chi connectivity index (χ4n) is 1.73. The molecule has 108 valence electrons. The van der Waals surface area contributed by atoms with Gasteiger partial charge >= 0.3 is 5.97 Å². The normalized spacial score (nSPS) is 11.9. The monoisotopic (exact) mass is 278 g/mol. The van der Waals surface area contributed by atoms with Crippen LogP contribution in [0.1, 0.15) is 34.6 Å². The Kier molecular flexibility index (Phi) is 5.25. The summed E-state index contributed by atoms with van der Waals surface area (Å²) in [5.41, 5.74) is 5.64. The molecule has 0 saturated carbocycles. The molecule has 0 heterocycles. The fraction of sp³-hybridized carbons (Fsp3) is 0.357. The molecular formula is C14H18N2O4. The van der Waals surface area contributed by atoms with Gasteiger partial charge in [-0.1, -0.05) is 19.9 Å². The van der Waals surface area contributed by atoms with E-state index in [1.807, 2.05) is 0 Å². The maximum absolute atomic E-state index is 11.9. The largest absolute Gasteiger partial charge is 0.481 e. The summed E-state index contributed by atoms with van der Waals surface area (Å²) in [5, 5.41) is 11.6. The number of carbonyl (C=O) groups excluding carboxylic acids is 2. The second-order valence-electron chi connectivity index (χ2n) is 4.84. The Labute approximate surface area is 117 Å². The van der Waals surface area contributed by atoms with Gasteiger partial charge in [0.25, 0.3) is 5.91 Å². The van der Waals surface area contributed by atoms with Gasteiger partial charge in [-0.05, 0) is 24.1 Å². The number of hydrogen-bond acceptors (Lipinski definition) is 3. The van der Waals surface area contributed by atoms with Crippen molar-refractivity contribution in [2.75, 3.05) is 6.54 Å². The minimum atomic E-state index is -0.953. The number of hydrogen-bond donors (Lipinski definition) is 3. The smallest absolute Gasteiger partial charge is 0.308 e. The molecule has 4 N–H and O–H groups in total. The molecule has 0 aromatic heterocycles. The molecule has 6 heteroatoms. The predicted octanol–water partition coefficient (Wildman–Crippen LogP) is 0.872. The molecule has 1 aromatic carbocycles. The Hall–Kier alpha value is -2.37. The van der Waals surface area contributed by atoms with E-state index in [0.29, 0.717) is 0 Å². The number of carboxylic acid groups (broad SMARTS) is 1. The van der Waals surface area contributed by atoms with E-state index < -0.39 is 23.7 Å². The third-order valence-corrected chi connectivity index (χ3v) is 3.01. The van der Waals surface area contributed by atoms with E-state index in [2.05, 4.69) is 5.32 Å². The van der Waals surface area contributed by atoms with Gasteiger partial charge in [-0.2, -0.15) is 0 Å². The molecule has 0 aliphatic carbocycles. The summed E-state index contributed by atoms with van der Waals surface area (Å²) in [5.74, 6) is -2.75. The molecule has 1 rings (SSSR count). The van der Waals surface area contributed by atoms with Gasteiger partial charge in [0.15, 0.2) is 0 Å². The average Bonchev–Trinajstić information content (AvgIpc) is 2.38. The second-order valence-corrected chi connectivity index (χ2v) is 4.84. The van der Waals surface area contributed by atoms with E-state index in [1.54, 1.807) is 19.9 Å². The molecule has 0 aliphatic heterocycles. The summed E-state index contributed by atoms with van der Waals surface area (Å²) >= 11 is 0. The molecule has 0 saturated heterocycles. The minimum Gasteiger partial charge on any atom is -0.481 e. The zero-order valence-corrected chi connectivity index (χ0v) is 11.4. The molecule has 1 aromatic rings. The van der Waals surface area contributed by atoms with Crippen molar-refractivity contribution in [3.63, 3.8) is 0 Å². The number of primary amides is 1. The van der Waals surface area contributed by atoms with Crippen LogP contribution in [-0.4, -0.2) is 29.4 Å². The molecule has 0 radical (unpaired) electrons. The van der Waals surface area contributed by atoms with Gasteiger partial charge in [0.05, 0.1) is 5.92 Å². The molecule has 1 unspecified atom stereocenters. The van der Waals surface area contributed by atoms with Crippen molar-refractivity contribution in [1.82, 2.24) is 5.32 Å². The molecule has 0 spiro atoms. The van der Waals surface area contributed by atoms with Gasteiger partial charge in [0.2, 0.25) is 5.91 Å². The van der Waals surface area contributed by atoms with Crippen molar-refractivity contribution in [2.45, 2.75) is 13.8 Å². The maximum Gasteiger partial charge on any atom is 0.308 e. The second kappa shape index (κ2) is 6.70. The van der Waals surface area contributed by atoms with Gasteiger partial charge in [-0.3, -0.25) is 14.4 Å². The van der Waals surface area contributed by atoms with Crippen LogP contribution in [0, 0.1) is 11.8 Å². The van der Waals surface area contributed by atoms with Crippen LogP contribution in [0.15, 0.2) is 24.3 Å². The molecule has 0 bridgehead atoms. The Morgan fingerprint density at radius 1 is 1.25 bits per heavy atom. The van der Waals surface area contributed by atoms with Crippen LogP contribution in [0.5, 0.6) is 0 Å². The van der Waals surface area contributed by atoms with E-state index in [-0.39, 0.29) is 23.6 Å². The molecule has 0 aliphatic rings. The van der Waals surface area contributed by atoms with E-state index in [1.165, 1.54) is 18.2 Å². The summed E-state index contributed by atoms with van der Waals surface area (Å²) in [6, 6.07) is 5.97. The highest BCUT2D eigenvalue weighted by Crippen LogP contribution is 2.10. The highest BCUT2D eigenvalue weighted by atomic mass is 16.4. The first-order valence-electron chi connectivity index (χ1n) is 6.23. The number of carboxylic acids is 1. The standard InChI is InChI=1S/C14H18N2O4/c1-8(2)11(14(19)20)7-16-13(18)10-5-3-4-9(6-10)12(15)17/h3-6,8,11H,7H2,1-2H3,(H2,15,17)(H,16,18)(H,19,20). The van der Waals surface area contributed by atoms with Crippen LogP contribution in [-0.2, 0) is 4.79 Å². The van der Waals surface area contributed by atoms with Crippen LogP contribution in [0.3, 0.4) is 0 Å². The van der Waals surface area contributed by atoms with Crippen LogP contribution in [0.4, 0.5) is 0 Å². The zero-order valence-electron chi connectivity index (χ0n) is 11.4. The first kappa shape index (κ1) is 15.7. The predicted molar refractivity (Wildman–Crippen MR) is 73.3 cm³/mol. The van der Waals surface area contributed by atoms with Crippen molar-refractivity contribution < 1.29 is 19.5 Å². The van der Waals surface area contributed by atoms with Crippen molar-refractivity contribution in [1.29, 1.82) is 0 Å². The lowest BCUT2D eigenvalue weighted by Gasteiger charge is -2.16. The van der Waals surface area contributed by atoms with Gasteiger partial charge < -0.3 is 16.2 Å². The summed E-state index contributed by atoms with van der Waals surface area (Å²) in [4.78, 5) is 34.0. The number of carbonyl (C=O) groups is 3. The molecule has 2 amide bonds. The summed E-state index contributed by atoms with van der Waals surface area (Å²) in [7, 11) is 0. The number of nitrogens with two attached hydrogens (primary N) is 1. The lowest BCUT2D eigenvalue weighted by molar-refractivity contribution is -0.142. The number of rotatable bonds is 6.